The minimum absolute atomic E-state index is 1.50. The van der Waals surface area contributed by atoms with Crippen LogP contribution in [0.25, 0.3) is 0 Å². The van der Waals surface area contributed by atoms with Gasteiger partial charge in [-0.1, -0.05) is 0 Å². The summed E-state index contributed by atoms with van der Waals surface area (Å²) in [7, 11) is 8.26. The molecule has 0 aliphatic carbocycles. The Labute approximate surface area is 42.5 Å². The van der Waals surface area contributed by atoms with Crippen molar-refractivity contribution in [3.8, 4) is 0 Å². The van der Waals surface area contributed by atoms with E-state index >= 15 is 0 Å². The molecule has 0 heterocycles. The first kappa shape index (κ1) is 6.13. The Balaban J connectivity index is 2.66. The van der Waals surface area contributed by atoms with Crippen molar-refractivity contribution >= 4 is 34.6 Å². The number of rotatable bonds is 2. The van der Waals surface area contributed by atoms with E-state index in [0.29, 0.717) is 0 Å². The molecule has 6 heavy (non-hydrogen) atoms. The third-order valence-electron chi connectivity index (χ3n) is 0.415. The molecule has 0 spiro atoms. The zero-order valence-electron chi connectivity index (χ0n) is 3.89. The summed E-state index contributed by atoms with van der Waals surface area (Å²) in [5.74, 6) is 1.92. The van der Waals surface area contributed by atoms with Gasteiger partial charge in [0, 0.05) is 0 Å². The molecule has 0 atom stereocenters. The van der Waals surface area contributed by atoms with Crippen molar-refractivity contribution in [2.24, 2.45) is 0 Å². The van der Waals surface area contributed by atoms with Gasteiger partial charge >= 0.3 is 41.6 Å². The van der Waals surface area contributed by atoms with Crippen LogP contribution in [0.3, 0.4) is 0 Å². The molecule has 0 saturated carbocycles. The van der Waals surface area contributed by atoms with Gasteiger partial charge < -0.3 is 0 Å². The van der Waals surface area contributed by atoms with Crippen molar-refractivity contribution in [3.05, 3.63) is 0 Å². The van der Waals surface area contributed by atoms with Gasteiger partial charge in [-0.25, -0.2) is 0 Å². The normalized spacial score (nSPS) is 7.50. The molecule has 4 heteroatoms. The molecule has 0 aliphatic heterocycles. The van der Waals surface area contributed by atoms with Crippen LogP contribution in [0.15, 0.2) is 0 Å². The Morgan fingerprint density at radius 2 is 2.33 bits per heavy atom. The van der Waals surface area contributed by atoms with Gasteiger partial charge in [0.2, 0.25) is 0 Å². The number of hydrogen-bond donors (Lipinski definition) is 0. The summed E-state index contributed by atoms with van der Waals surface area (Å²) in [6.45, 7) is 3.82. The Morgan fingerprint density at radius 1 is 1.67 bits per heavy atom. The Kier molecular flexibility index (Phi) is 5.24. The zero-order valence-corrected chi connectivity index (χ0v) is 3.89. The van der Waals surface area contributed by atoms with Crippen molar-refractivity contribution in [2.75, 3.05) is 0 Å². The van der Waals surface area contributed by atoms with E-state index in [9.17, 15) is 0 Å². The summed E-state index contributed by atoms with van der Waals surface area (Å²) in [4.78, 5) is 0. The molecule has 0 aliphatic rings. The summed E-state index contributed by atoms with van der Waals surface area (Å²) in [6.07, 6.45) is 0. The summed E-state index contributed by atoms with van der Waals surface area (Å²) in [5, 5.41) is 0. The molecule has 0 aromatic rings. The predicted molar refractivity (Wildman–Crippen MR) is 34.8 cm³/mol. The predicted octanol–water partition coefficient (Wildman–Crippen LogP) is -1.17. The van der Waals surface area contributed by atoms with E-state index in [-0.39, 0.29) is 0 Å². The van der Waals surface area contributed by atoms with Crippen molar-refractivity contribution in [1.82, 2.24) is 0 Å². The second-order valence-electron chi connectivity index (χ2n) is 0.911. The van der Waals surface area contributed by atoms with Gasteiger partial charge in [-0.3, -0.25) is 0 Å². The second kappa shape index (κ2) is 5.13. The summed E-state index contributed by atoms with van der Waals surface area (Å²) < 4.78 is 0. The fraction of sp³-hybridized carbons (Fsp3) is 0.500. The van der Waals surface area contributed by atoms with E-state index in [2.05, 4.69) is 0 Å². The van der Waals surface area contributed by atoms with Crippen molar-refractivity contribution < 1.29 is 0 Å². The van der Waals surface area contributed by atoms with Crippen molar-refractivity contribution in [2.45, 2.75) is 6.92 Å². The van der Waals surface area contributed by atoms with Gasteiger partial charge in [0.05, 0.1) is 0 Å². The SMILES string of the molecule is [B][B][B]B=CC. The molecule has 0 bridgehead atoms. The van der Waals surface area contributed by atoms with E-state index < -0.39 is 0 Å². The van der Waals surface area contributed by atoms with Crippen molar-refractivity contribution in [1.29, 1.82) is 0 Å². The molecule has 0 N–H and O–H groups in total. The maximum absolute atomic E-state index is 4.98. The molecule has 0 unspecified atom stereocenters. The van der Waals surface area contributed by atoms with E-state index in [0.717, 1.165) is 0 Å². The van der Waals surface area contributed by atoms with Crippen LogP contribution in [0.1, 0.15) is 6.92 Å². The topological polar surface area (TPSA) is 0 Å². The number of hydrogen-bond acceptors (Lipinski definition) is 0. The molecule has 0 aromatic carbocycles. The molecular formula is C2H4B4. The van der Waals surface area contributed by atoms with Gasteiger partial charge in [-0.2, -0.15) is 0 Å². The van der Waals surface area contributed by atoms with Crippen LogP contribution in [0.2, 0.25) is 0 Å². The summed E-state index contributed by atoms with van der Waals surface area (Å²) in [5.41, 5.74) is 0. The van der Waals surface area contributed by atoms with Crippen LogP contribution in [0.4, 0.5) is 0 Å². The molecule has 4 radical (unpaired) electrons. The van der Waals surface area contributed by atoms with Gasteiger partial charge in [0.15, 0.2) is 0 Å². The van der Waals surface area contributed by atoms with Gasteiger partial charge in [0.25, 0.3) is 0 Å². The van der Waals surface area contributed by atoms with E-state index in [1.807, 2.05) is 19.7 Å². The molecular weight excluding hydrogens is 67.3 g/mol. The Hall–Kier alpha value is 0.130. The molecule has 0 nitrogen and oxygen atoms in total. The van der Waals surface area contributed by atoms with Crippen LogP contribution in [0.5, 0.6) is 0 Å². The third-order valence-corrected chi connectivity index (χ3v) is 0.415. The molecule has 0 amide bonds. The molecule has 0 fully saturated rings. The van der Waals surface area contributed by atoms with Crippen LogP contribution in [0, 0.1) is 0 Å². The average Bonchev–Trinajstić information content (AvgIpc) is 1.61. The van der Waals surface area contributed by atoms with Gasteiger partial charge in [0.1, 0.15) is 0 Å². The first-order chi connectivity index (χ1) is 2.91. The van der Waals surface area contributed by atoms with Crippen LogP contribution in [-0.4, -0.2) is 34.6 Å². The van der Waals surface area contributed by atoms with Crippen LogP contribution >= 0.6 is 0 Å². The summed E-state index contributed by atoms with van der Waals surface area (Å²) in [6, 6.07) is 0. The molecule has 0 rings (SSSR count). The quantitative estimate of drug-likeness (QED) is 0.360. The van der Waals surface area contributed by atoms with Gasteiger partial charge in [-0.15, -0.1) is 0 Å². The minimum atomic E-state index is 1.50. The summed E-state index contributed by atoms with van der Waals surface area (Å²) >= 11 is 0. The molecule has 24 valence electrons. The maximum atomic E-state index is 4.98. The monoisotopic (exact) mass is 72.1 g/mol. The third kappa shape index (κ3) is 4.13. The molecule has 0 aromatic heterocycles. The standard InChI is InChI=1S/C2H4B4/c1-2-4-6-5-3/h2H,1H3. The van der Waals surface area contributed by atoms with Crippen molar-refractivity contribution in [3.63, 3.8) is 0 Å². The fourth-order valence-electron chi connectivity index (χ4n) is 0.175. The Bertz CT molecular complexity index is 40.8. The van der Waals surface area contributed by atoms with E-state index in [1.165, 1.54) is 7.06 Å². The van der Waals surface area contributed by atoms with Crippen LogP contribution < -0.4 is 0 Å². The first-order valence-corrected chi connectivity index (χ1v) is 1.91. The average molecular weight is 71.3 g/mol. The zero-order chi connectivity index (χ0) is 4.83. The van der Waals surface area contributed by atoms with Gasteiger partial charge in [-0.05, 0) is 0 Å². The first-order valence-electron chi connectivity index (χ1n) is 1.91. The molecule has 0 saturated heterocycles. The van der Waals surface area contributed by atoms with E-state index in [1.54, 1.807) is 7.06 Å². The van der Waals surface area contributed by atoms with Crippen LogP contribution in [-0.2, 0) is 0 Å². The fourth-order valence-corrected chi connectivity index (χ4v) is 0.175. The van der Waals surface area contributed by atoms with E-state index in [4.69, 9.17) is 7.74 Å². The second-order valence-corrected chi connectivity index (χ2v) is 0.911. The Morgan fingerprint density at radius 3 is 2.50 bits per heavy atom.